The van der Waals surface area contributed by atoms with Crippen molar-refractivity contribution in [1.82, 2.24) is 4.90 Å². The van der Waals surface area contributed by atoms with Crippen LogP contribution in [0.3, 0.4) is 0 Å². The molecule has 1 unspecified atom stereocenters. The SMILES string of the molecule is CC1CCN(C(=O)C(O)c2ccccc2)CC1. The highest BCUT2D eigenvalue weighted by molar-refractivity contribution is 5.82. The van der Waals surface area contributed by atoms with Gasteiger partial charge in [-0.05, 0) is 24.3 Å². The van der Waals surface area contributed by atoms with Crippen molar-refractivity contribution in [3.8, 4) is 0 Å². The van der Waals surface area contributed by atoms with Crippen molar-refractivity contribution in [2.75, 3.05) is 13.1 Å². The fraction of sp³-hybridized carbons (Fsp3) is 0.500. The second-order valence-electron chi connectivity index (χ2n) is 4.82. The lowest BCUT2D eigenvalue weighted by molar-refractivity contribution is -0.141. The minimum Gasteiger partial charge on any atom is -0.378 e. The fourth-order valence-corrected chi connectivity index (χ4v) is 2.18. The quantitative estimate of drug-likeness (QED) is 0.848. The summed E-state index contributed by atoms with van der Waals surface area (Å²) in [4.78, 5) is 13.9. The number of amides is 1. The van der Waals surface area contributed by atoms with Crippen molar-refractivity contribution in [3.63, 3.8) is 0 Å². The first-order valence-electron chi connectivity index (χ1n) is 6.20. The van der Waals surface area contributed by atoms with Crippen LogP contribution in [0, 0.1) is 5.92 Å². The van der Waals surface area contributed by atoms with E-state index in [9.17, 15) is 9.90 Å². The average Bonchev–Trinajstić information content (AvgIpc) is 2.39. The van der Waals surface area contributed by atoms with Crippen LogP contribution in [0.15, 0.2) is 30.3 Å². The maximum Gasteiger partial charge on any atom is 0.256 e. The lowest BCUT2D eigenvalue weighted by Gasteiger charge is -2.31. The van der Waals surface area contributed by atoms with E-state index in [4.69, 9.17) is 0 Å². The Kier molecular flexibility index (Phi) is 3.79. The van der Waals surface area contributed by atoms with Crippen LogP contribution in [-0.4, -0.2) is 29.0 Å². The first kappa shape index (κ1) is 12.1. The van der Waals surface area contributed by atoms with E-state index in [-0.39, 0.29) is 5.91 Å². The van der Waals surface area contributed by atoms with E-state index in [0.717, 1.165) is 25.9 Å². The van der Waals surface area contributed by atoms with E-state index in [1.807, 2.05) is 18.2 Å². The summed E-state index contributed by atoms with van der Waals surface area (Å²) in [7, 11) is 0. The molecule has 1 N–H and O–H groups in total. The number of rotatable bonds is 2. The maximum absolute atomic E-state index is 12.1. The molecule has 2 rings (SSSR count). The molecule has 0 aliphatic carbocycles. The van der Waals surface area contributed by atoms with Crippen molar-refractivity contribution in [2.24, 2.45) is 5.92 Å². The van der Waals surface area contributed by atoms with Crippen molar-refractivity contribution in [3.05, 3.63) is 35.9 Å². The zero-order valence-corrected chi connectivity index (χ0v) is 10.2. The van der Waals surface area contributed by atoms with Crippen molar-refractivity contribution < 1.29 is 9.90 Å². The molecule has 1 aliphatic heterocycles. The molecular formula is C14H19NO2. The predicted molar refractivity (Wildman–Crippen MR) is 66.4 cm³/mol. The zero-order valence-electron chi connectivity index (χ0n) is 10.2. The number of carbonyl (C=O) groups is 1. The third-order valence-corrected chi connectivity index (χ3v) is 3.44. The smallest absolute Gasteiger partial charge is 0.256 e. The average molecular weight is 233 g/mol. The number of hydrogen-bond donors (Lipinski definition) is 1. The third kappa shape index (κ3) is 2.86. The summed E-state index contributed by atoms with van der Waals surface area (Å²) < 4.78 is 0. The normalized spacial score (nSPS) is 19.1. The molecule has 1 saturated heterocycles. The largest absolute Gasteiger partial charge is 0.378 e. The van der Waals surface area contributed by atoms with E-state index in [1.54, 1.807) is 17.0 Å². The van der Waals surface area contributed by atoms with Gasteiger partial charge in [-0.1, -0.05) is 37.3 Å². The van der Waals surface area contributed by atoms with Gasteiger partial charge in [0.15, 0.2) is 6.10 Å². The fourth-order valence-electron chi connectivity index (χ4n) is 2.18. The highest BCUT2D eigenvalue weighted by Gasteiger charge is 2.26. The van der Waals surface area contributed by atoms with Gasteiger partial charge < -0.3 is 10.0 Å². The number of benzene rings is 1. The van der Waals surface area contributed by atoms with Gasteiger partial charge in [-0.3, -0.25) is 4.79 Å². The summed E-state index contributed by atoms with van der Waals surface area (Å²) in [5, 5.41) is 10.0. The summed E-state index contributed by atoms with van der Waals surface area (Å²) in [5.41, 5.74) is 0.677. The Morgan fingerprint density at radius 2 is 1.88 bits per heavy atom. The lowest BCUT2D eigenvalue weighted by atomic mass is 9.98. The molecule has 1 aliphatic rings. The van der Waals surface area contributed by atoms with Gasteiger partial charge in [0.05, 0.1) is 0 Å². The minimum absolute atomic E-state index is 0.164. The zero-order chi connectivity index (χ0) is 12.3. The second-order valence-corrected chi connectivity index (χ2v) is 4.82. The van der Waals surface area contributed by atoms with Gasteiger partial charge in [0.25, 0.3) is 5.91 Å². The van der Waals surface area contributed by atoms with Crippen LogP contribution in [0.1, 0.15) is 31.4 Å². The van der Waals surface area contributed by atoms with Gasteiger partial charge in [-0.2, -0.15) is 0 Å². The number of piperidine rings is 1. The van der Waals surface area contributed by atoms with Crippen LogP contribution in [0.5, 0.6) is 0 Å². The van der Waals surface area contributed by atoms with Gasteiger partial charge in [0, 0.05) is 13.1 Å². The first-order valence-corrected chi connectivity index (χ1v) is 6.20. The molecular weight excluding hydrogens is 214 g/mol. The van der Waals surface area contributed by atoms with Gasteiger partial charge in [-0.25, -0.2) is 0 Å². The van der Waals surface area contributed by atoms with Crippen LogP contribution < -0.4 is 0 Å². The molecule has 0 saturated carbocycles. The molecule has 3 heteroatoms. The van der Waals surface area contributed by atoms with E-state index in [1.165, 1.54) is 0 Å². The molecule has 0 bridgehead atoms. The molecule has 0 radical (unpaired) electrons. The number of aliphatic hydroxyl groups is 1. The number of likely N-dealkylation sites (tertiary alicyclic amines) is 1. The number of nitrogens with zero attached hydrogens (tertiary/aromatic N) is 1. The lowest BCUT2D eigenvalue weighted by Crippen LogP contribution is -2.40. The van der Waals surface area contributed by atoms with Gasteiger partial charge in [0.2, 0.25) is 0 Å². The topological polar surface area (TPSA) is 40.5 Å². The molecule has 17 heavy (non-hydrogen) atoms. The highest BCUT2D eigenvalue weighted by atomic mass is 16.3. The summed E-state index contributed by atoms with van der Waals surface area (Å²) in [6, 6.07) is 9.13. The molecule has 1 heterocycles. The first-order chi connectivity index (χ1) is 8.18. The van der Waals surface area contributed by atoms with Crippen LogP contribution in [0.25, 0.3) is 0 Å². The van der Waals surface area contributed by atoms with Gasteiger partial charge in [0.1, 0.15) is 0 Å². The summed E-state index contributed by atoms with van der Waals surface area (Å²) in [5.74, 6) is 0.524. The monoisotopic (exact) mass is 233 g/mol. The highest BCUT2D eigenvalue weighted by Crippen LogP contribution is 2.21. The molecule has 1 aromatic carbocycles. The van der Waals surface area contributed by atoms with Crippen molar-refractivity contribution >= 4 is 5.91 Å². The van der Waals surface area contributed by atoms with E-state index >= 15 is 0 Å². The van der Waals surface area contributed by atoms with Crippen LogP contribution in [-0.2, 0) is 4.79 Å². The Morgan fingerprint density at radius 1 is 1.29 bits per heavy atom. The minimum atomic E-state index is -1.01. The van der Waals surface area contributed by atoms with E-state index < -0.39 is 6.10 Å². The number of carbonyl (C=O) groups excluding carboxylic acids is 1. The maximum atomic E-state index is 12.1. The molecule has 1 aromatic rings. The predicted octanol–water partition coefficient (Wildman–Crippen LogP) is 1.98. The van der Waals surface area contributed by atoms with Crippen LogP contribution in [0.2, 0.25) is 0 Å². The molecule has 0 aromatic heterocycles. The molecule has 3 nitrogen and oxygen atoms in total. The number of aliphatic hydroxyl groups excluding tert-OH is 1. The standard InChI is InChI=1S/C14H19NO2/c1-11-7-9-15(10-8-11)14(17)13(16)12-5-3-2-4-6-12/h2-6,11,13,16H,7-10H2,1H3. The molecule has 92 valence electrons. The Labute approximate surface area is 102 Å². The molecule has 1 amide bonds. The van der Waals surface area contributed by atoms with Gasteiger partial charge in [-0.15, -0.1) is 0 Å². The van der Waals surface area contributed by atoms with Crippen molar-refractivity contribution in [1.29, 1.82) is 0 Å². The summed E-state index contributed by atoms with van der Waals surface area (Å²) >= 11 is 0. The van der Waals surface area contributed by atoms with Gasteiger partial charge >= 0.3 is 0 Å². The Balaban J connectivity index is 2.00. The van der Waals surface area contributed by atoms with Crippen LogP contribution in [0.4, 0.5) is 0 Å². The molecule has 0 spiro atoms. The Bertz CT molecular complexity index is 369. The summed E-state index contributed by atoms with van der Waals surface area (Å²) in [6.45, 7) is 3.74. The van der Waals surface area contributed by atoms with Crippen molar-refractivity contribution in [2.45, 2.75) is 25.9 Å². The summed E-state index contributed by atoms with van der Waals surface area (Å²) in [6.07, 6.45) is 1.06. The molecule has 1 fully saturated rings. The third-order valence-electron chi connectivity index (χ3n) is 3.44. The van der Waals surface area contributed by atoms with Crippen LogP contribution >= 0.6 is 0 Å². The Morgan fingerprint density at radius 3 is 2.47 bits per heavy atom. The Hall–Kier alpha value is -1.35. The molecule has 1 atom stereocenters. The second kappa shape index (κ2) is 5.32. The van der Waals surface area contributed by atoms with E-state index in [2.05, 4.69) is 6.92 Å². The van der Waals surface area contributed by atoms with E-state index in [0.29, 0.717) is 11.5 Å². The number of hydrogen-bond acceptors (Lipinski definition) is 2.